The van der Waals surface area contributed by atoms with E-state index in [1.807, 2.05) is 25.1 Å². The summed E-state index contributed by atoms with van der Waals surface area (Å²) < 4.78 is 0. The van der Waals surface area contributed by atoms with Gasteiger partial charge in [-0.05, 0) is 31.4 Å². The number of hydrogen-bond donors (Lipinski definition) is 1. The second-order valence-corrected chi connectivity index (χ2v) is 4.25. The van der Waals surface area contributed by atoms with E-state index in [4.69, 9.17) is 0 Å². The van der Waals surface area contributed by atoms with Crippen molar-refractivity contribution in [3.63, 3.8) is 0 Å². The zero-order chi connectivity index (χ0) is 9.97. The quantitative estimate of drug-likeness (QED) is 0.796. The lowest BCUT2D eigenvalue weighted by Gasteiger charge is -2.27. The molecule has 0 aliphatic heterocycles. The fraction of sp³-hybridized carbons (Fsp3) is 0.583. The third-order valence-corrected chi connectivity index (χ3v) is 3.03. The van der Waals surface area contributed by atoms with Crippen molar-refractivity contribution < 1.29 is 5.11 Å². The standard InChI is InChI=1S/C12H17NO/c1-9-4-2-7-11(13-9)12(14)8-10-5-3-6-10/h2,4,7,10,12,14H,3,5-6,8H2,1H3. The predicted molar refractivity (Wildman–Crippen MR) is 55.9 cm³/mol. The molecule has 1 heterocycles. The molecule has 1 aromatic rings. The molecule has 0 saturated heterocycles. The molecule has 0 aromatic carbocycles. The van der Waals surface area contributed by atoms with Gasteiger partial charge in [-0.3, -0.25) is 4.98 Å². The molecule has 0 bridgehead atoms. The molecule has 2 heteroatoms. The predicted octanol–water partition coefficient (Wildman–Crippen LogP) is 2.61. The second-order valence-electron chi connectivity index (χ2n) is 4.25. The molecule has 0 amide bonds. The lowest BCUT2D eigenvalue weighted by atomic mass is 9.81. The molecular formula is C12H17NO. The number of pyridine rings is 1. The summed E-state index contributed by atoms with van der Waals surface area (Å²) in [6, 6.07) is 5.83. The van der Waals surface area contributed by atoms with Gasteiger partial charge in [0.2, 0.25) is 0 Å². The van der Waals surface area contributed by atoms with Crippen LogP contribution >= 0.6 is 0 Å². The first-order chi connectivity index (χ1) is 6.75. The highest BCUT2D eigenvalue weighted by Gasteiger charge is 2.22. The summed E-state index contributed by atoms with van der Waals surface area (Å²) in [4.78, 5) is 4.33. The van der Waals surface area contributed by atoms with Gasteiger partial charge in [0.25, 0.3) is 0 Å². The van der Waals surface area contributed by atoms with Gasteiger partial charge in [0.05, 0.1) is 11.8 Å². The number of hydrogen-bond acceptors (Lipinski definition) is 2. The van der Waals surface area contributed by atoms with Crippen molar-refractivity contribution in [3.05, 3.63) is 29.6 Å². The summed E-state index contributed by atoms with van der Waals surface area (Å²) in [6.45, 7) is 1.96. The zero-order valence-corrected chi connectivity index (χ0v) is 8.61. The molecule has 2 nitrogen and oxygen atoms in total. The van der Waals surface area contributed by atoms with Crippen LogP contribution < -0.4 is 0 Å². The van der Waals surface area contributed by atoms with Gasteiger partial charge in [-0.25, -0.2) is 0 Å². The van der Waals surface area contributed by atoms with Crippen molar-refractivity contribution in [2.45, 2.75) is 38.7 Å². The number of nitrogens with zero attached hydrogens (tertiary/aromatic N) is 1. The van der Waals surface area contributed by atoms with Crippen LogP contribution in [-0.2, 0) is 0 Å². The van der Waals surface area contributed by atoms with Gasteiger partial charge in [0, 0.05) is 5.69 Å². The molecule has 1 aliphatic carbocycles. The Bertz CT molecular complexity index is 307. The van der Waals surface area contributed by atoms with E-state index in [-0.39, 0.29) is 6.10 Å². The first-order valence-corrected chi connectivity index (χ1v) is 5.37. The maximum atomic E-state index is 9.92. The van der Waals surface area contributed by atoms with Crippen LogP contribution in [0.1, 0.15) is 43.2 Å². The van der Waals surface area contributed by atoms with Gasteiger partial charge < -0.3 is 5.11 Å². The molecule has 0 radical (unpaired) electrons. The molecule has 1 fully saturated rings. The molecule has 1 unspecified atom stereocenters. The number of aromatic nitrogens is 1. The Morgan fingerprint density at radius 3 is 2.86 bits per heavy atom. The Hall–Kier alpha value is -0.890. The van der Waals surface area contributed by atoms with Crippen LogP contribution in [0.25, 0.3) is 0 Å². The fourth-order valence-corrected chi connectivity index (χ4v) is 1.91. The minimum Gasteiger partial charge on any atom is -0.387 e. The summed E-state index contributed by atoms with van der Waals surface area (Å²) in [7, 11) is 0. The van der Waals surface area contributed by atoms with Gasteiger partial charge in [0.1, 0.15) is 0 Å². The summed E-state index contributed by atoms with van der Waals surface area (Å²) >= 11 is 0. The van der Waals surface area contributed by atoms with Crippen molar-refractivity contribution in [1.82, 2.24) is 4.98 Å². The van der Waals surface area contributed by atoms with Crippen molar-refractivity contribution in [2.75, 3.05) is 0 Å². The van der Waals surface area contributed by atoms with Crippen molar-refractivity contribution in [3.8, 4) is 0 Å². The third-order valence-electron chi connectivity index (χ3n) is 3.03. The van der Waals surface area contributed by atoms with Crippen LogP contribution in [0.5, 0.6) is 0 Å². The minimum atomic E-state index is -0.361. The summed E-state index contributed by atoms with van der Waals surface area (Å²) in [6.07, 6.45) is 4.42. The molecule has 76 valence electrons. The van der Waals surface area contributed by atoms with Crippen LogP contribution in [-0.4, -0.2) is 10.1 Å². The Labute approximate surface area is 85.0 Å². The van der Waals surface area contributed by atoms with E-state index < -0.39 is 0 Å². The van der Waals surface area contributed by atoms with E-state index >= 15 is 0 Å². The van der Waals surface area contributed by atoms with Crippen LogP contribution in [0, 0.1) is 12.8 Å². The molecule has 0 spiro atoms. The minimum absolute atomic E-state index is 0.361. The maximum absolute atomic E-state index is 9.92. The molecule has 1 aromatic heterocycles. The average molecular weight is 191 g/mol. The topological polar surface area (TPSA) is 33.1 Å². The highest BCUT2D eigenvalue weighted by atomic mass is 16.3. The summed E-state index contributed by atoms with van der Waals surface area (Å²) in [5, 5.41) is 9.92. The normalized spacial score (nSPS) is 19.0. The van der Waals surface area contributed by atoms with Gasteiger partial charge >= 0.3 is 0 Å². The Morgan fingerprint density at radius 1 is 1.50 bits per heavy atom. The van der Waals surface area contributed by atoms with E-state index in [9.17, 15) is 5.11 Å². The molecule has 1 saturated carbocycles. The lowest BCUT2D eigenvalue weighted by molar-refractivity contribution is 0.115. The first kappa shape index (κ1) is 9.66. The molecule has 14 heavy (non-hydrogen) atoms. The monoisotopic (exact) mass is 191 g/mol. The lowest BCUT2D eigenvalue weighted by Crippen LogP contribution is -2.15. The summed E-state index contributed by atoms with van der Waals surface area (Å²) in [5.41, 5.74) is 1.81. The Morgan fingerprint density at radius 2 is 2.29 bits per heavy atom. The molecular weight excluding hydrogens is 174 g/mol. The Balaban J connectivity index is 1.98. The first-order valence-electron chi connectivity index (χ1n) is 5.37. The number of aliphatic hydroxyl groups excluding tert-OH is 1. The second kappa shape index (κ2) is 4.09. The highest BCUT2D eigenvalue weighted by Crippen LogP contribution is 2.34. The molecule has 1 N–H and O–H groups in total. The number of aryl methyl sites for hydroxylation is 1. The van der Waals surface area contributed by atoms with Crippen LogP contribution in [0.3, 0.4) is 0 Å². The van der Waals surface area contributed by atoms with Gasteiger partial charge in [-0.15, -0.1) is 0 Å². The van der Waals surface area contributed by atoms with E-state index in [1.165, 1.54) is 19.3 Å². The van der Waals surface area contributed by atoms with Crippen LogP contribution in [0.15, 0.2) is 18.2 Å². The van der Waals surface area contributed by atoms with Crippen LogP contribution in [0.4, 0.5) is 0 Å². The van der Waals surface area contributed by atoms with E-state index in [0.29, 0.717) is 0 Å². The highest BCUT2D eigenvalue weighted by molar-refractivity contribution is 5.12. The fourth-order valence-electron chi connectivity index (χ4n) is 1.91. The van der Waals surface area contributed by atoms with Crippen LogP contribution in [0.2, 0.25) is 0 Å². The average Bonchev–Trinajstić information content (AvgIpc) is 2.11. The molecule has 1 aliphatic rings. The zero-order valence-electron chi connectivity index (χ0n) is 8.61. The molecule has 2 rings (SSSR count). The van der Waals surface area contributed by atoms with Crippen molar-refractivity contribution >= 4 is 0 Å². The van der Waals surface area contributed by atoms with Gasteiger partial charge in [0.15, 0.2) is 0 Å². The van der Waals surface area contributed by atoms with E-state index in [1.54, 1.807) is 0 Å². The Kier molecular flexibility index (Phi) is 2.82. The van der Waals surface area contributed by atoms with Crippen molar-refractivity contribution in [2.24, 2.45) is 5.92 Å². The number of rotatable bonds is 3. The van der Waals surface area contributed by atoms with Gasteiger partial charge in [-0.2, -0.15) is 0 Å². The smallest absolute Gasteiger partial charge is 0.0962 e. The summed E-state index contributed by atoms with van der Waals surface area (Å²) in [5.74, 6) is 0.729. The van der Waals surface area contributed by atoms with E-state index in [2.05, 4.69) is 4.98 Å². The van der Waals surface area contributed by atoms with Crippen molar-refractivity contribution in [1.29, 1.82) is 0 Å². The van der Waals surface area contributed by atoms with Gasteiger partial charge in [-0.1, -0.05) is 25.3 Å². The number of aliphatic hydroxyl groups is 1. The largest absolute Gasteiger partial charge is 0.387 e. The third kappa shape index (κ3) is 2.13. The van der Waals surface area contributed by atoms with E-state index in [0.717, 1.165) is 23.7 Å². The maximum Gasteiger partial charge on any atom is 0.0962 e. The SMILES string of the molecule is Cc1cccc(C(O)CC2CCC2)n1. The molecule has 1 atom stereocenters.